The average molecular weight is 565 g/mol. The zero-order chi connectivity index (χ0) is 26.6. The second kappa shape index (κ2) is 28.6. The van der Waals surface area contributed by atoms with Crippen LogP contribution in [0.25, 0.3) is 0 Å². The standard InChI is InChI=1S/C30H61O3PS2/c31-34(32,33)29-27-25-23-21-19-17-15-13-11-9-7-5-3-1-2-4-6-8-10-12-14-16-18-20-22-24-26-28-30(35)36/h1-29H2,(H,35,36)(H2,31,32,33). The van der Waals surface area contributed by atoms with E-state index in [-0.39, 0.29) is 6.16 Å². The van der Waals surface area contributed by atoms with Gasteiger partial charge in [-0.3, -0.25) is 4.57 Å². The predicted octanol–water partition coefficient (Wildman–Crippen LogP) is 11.3. The van der Waals surface area contributed by atoms with E-state index in [1.165, 1.54) is 154 Å². The number of thiol groups is 1. The minimum Gasteiger partial charge on any atom is -0.324 e. The van der Waals surface area contributed by atoms with Crippen LogP contribution in [0.5, 0.6) is 0 Å². The molecule has 0 unspecified atom stereocenters. The van der Waals surface area contributed by atoms with E-state index in [9.17, 15) is 4.57 Å². The van der Waals surface area contributed by atoms with E-state index in [1.54, 1.807) is 0 Å². The molecule has 0 saturated carbocycles. The highest BCUT2D eigenvalue weighted by Gasteiger charge is 2.10. The summed E-state index contributed by atoms with van der Waals surface area (Å²) < 4.78 is 11.6. The van der Waals surface area contributed by atoms with Gasteiger partial charge in [-0.05, 0) is 19.3 Å². The zero-order valence-corrected chi connectivity index (χ0v) is 26.2. The van der Waals surface area contributed by atoms with Gasteiger partial charge in [-0.25, -0.2) is 0 Å². The van der Waals surface area contributed by atoms with Crippen LogP contribution in [0.1, 0.15) is 180 Å². The van der Waals surface area contributed by atoms with E-state index < -0.39 is 7.60 Å². The molecular weight excluding hydrogens is 503 g/mol. The Morgan fingerprint density at radius 1 is 0.444 bits per heavy atom. The number of hydrogen-bond donors (Lipinski definition) is 3. The molecule has 0 saturated heterocycles. The third-order valence-corrected chi connectivity index (χ3v) is 8.67. The molecule has 0 aromatic heterocycles. The summed E-state index contributed by atoms with van der Waals surface area (Å²) in [7, 11) is -3.77. The summed E-state index contributed by atoms with van der Waals surface area (Å²) >= 11 is 9.18. The van der Waals surface area contributed by atoms with Crippen molar-refractivity contribution >= 4 is 36.6 Å². The largest absolute Gasteiger partial charge is 0.325 e. The van der Waals surface area contributed by atoms with Gasteiger partial charge in [0, 0.05) is 10.4 Å². The van der Waals surface area contributed by atoms with Crippen molar-refractivity contribution in [3.05, 3.63) is 0 Å². The first-order valence-electron chi connectivity index (χ1n) is 15.7. The quantitative estimate of drug-likeness (QED) is 0.0351. The van der Waals surface area contributed by atoms with Gasteiger partial charge < -0.3 is 9.79 Å². The minimum absolute atomic E-state index is 0.0583. The monoisotopic (exact) mass is 564 g/mol. The van der Waals surface area contributed by atoms with Gasteiger partial charge in [-0.2, -0.15) is 0 Å². The number of unbranched alkanes of at least 4 members (excludes halogenated alkanes) is 26. The molecule has 3 nitrogen and oxygen atoms in total. The molecule has 0 aromatic rings. The summed E-state index contributed by atoms with van der Waals surface area (Å²) in [4.78, 5) is 17.7. The van der Waals surface area contributed by atoms with Crippen LogP contribution in [0.2, 0.25) is 0 Å². The van der Waals surface area contributed by atoms with Crippen LogP contribution in [0.4, 0.5) is 0 Å². The van der Waals surface area contributed by atoms with E-state index in [2.05, 4.69) is 12.6 Å². The number of rotatable bonds is 30. The second-order valence-corrected chi connectivity index (χ2v) is 14.2. The fourth-order valence-electron chi connectivity index (χ4n) is 5.01. The van der Waals surface area contributed by atoms with E-state index in [4.69, 9.17) is 22.0 Å². The molecule has 0 radical (unpaired) electrons. The van der Waals surface area contributed by atoms with Crippen LogP contribution in [-0.2, 0) is 4.57 Å². The summed E-state index contributed by atoms with van der Waals surface area (Å²) in [5.74, 6) is 0. The van der Waals surface area contributed by atoms with Crippen molar-refractivity contribution in [2.45, 2.75) is 180 Å². The molecule has 216 valence electrons. The highest BCUT2D eigenvalue weighted by Crippen LogP contribution is 2.35. The van der Waals surface area contributed by atoms with Crippen molar-refractivity contribution in [1.82, 2.24) is 0 Å². The molecule has 0 spiro atoms. The molecular formula is C30H61O3PS2. The smallest absolute Gasteiger partial charge is 0.324 e. The average Bonchev–Trinajstić information content (AvgIpc) is 2.82. The molecule has 0 atom stereocenters. The number of thiocarbonyl (C=S) groups is 1. The van der Waals surface area contributed by atoms with E-state index in [1.807, 2.05) is 0 Å². The fourth-order valence-corrected chi connectivity index (χ4v) is 5.95. The summed E-state index contributed by atoms with van der Waals surface area (Å²) in [6.07, 6.45) is 37.1. The Morgan fingerprint density at radius 3 is 0.833 bits per heavy atom. The Morgan fingerprint density at radius 2 is 0.639 bits per heavy atom. The fraction of sp³-hybridized carbons (Fsp3) is 0.967. The Balaban J connectivity index is 3.05. The van der Waals surface area contributed by atoms with E-state index >= 15 is 0 Å². The Labute approximate surface area is 236 Å². The van der Waals surface area contributed by atoms with Gasteiger partial charge >= 0.3 is 7.60 Å². The highest BCUT2D eigenvalue weighted by molar-refractivity contribution is 8.11. The maximum atomic E-state index is 10.8. The molecule has 0 heterocycles. The SMILES string of the molecule is O=P(O)(O)CCCCCCCCCCCCCCCCCCCCCCCCCCCCCC(=S)S. The van der Waals surface area contributed by atoms with Crippen LogP contribution in [0.15, 0.2) is 0 Å². The van der Waals surface area contributed by atoms with Crippen molar-refractivity contribution in [3.63, 3.8) is 0 Å². The molecule has 0 aliphatic carbocycles. The molecule has 0 rings (SSSR count). The second-order valence-electron chi connectivity index (χ2n) is 11.1. The lowest BCUT2D eigenvalue weighted by atomic mass is 10.0. The first kappa shape index (κ1) is 36.6. The van der Waals surface area contributed by atoms with E-state index in [0.717, 1.165) is 23.5 Å². The Hall–Kier alpha value is 0.590. The van der Waals surface area contributed by atoms with E-state index in [0.29, 0.717) is 6.42 Å². The topological polar surface area (TPSA) is 57.5 Å². The first-order chi connectivity index (χ1) is 17.4. The van der Waals surface area contributed by atoms with Gasteiger partial charge in [0.1, 0.15) is 0 Å². The van der Waals surface area contributed by atoms with Crippen LogP contribution in [0, 0.1) is 0 Å². The zero-order valence-electron chi connectivity index (χ0n) is 23.6. The summed E-state index contributed by atoms with van der Waals surface area (Å²) in [6, 6.07) is 0. The summed E-state index contributed by atoms with van der Waals surface area (Å²) in [5.41, 5.74) is 0. The van der Waals surface area contributed by atoms with Crippen LogP contribution >= 0.6 is 32.4 Å². The first-order valence-corrected chi connectivity index (χ1v) is 18.3. The molecule has 0 amide bonds. The van der Waals surface area contributed by atoms with Gasteiger partial charge in [0.05, 0.1) is 0 Å². The van der Waals surface area contributed by atoms with Crippen molar-refractivity contribution in [2.75, 3.05) is 6.16 Å². The molecule has 36 heavy (non-hydrogen) atoms. The highest BCUT2D eigenvalue weighted by atomic mass is 32.1. The molecule has 0 aliphatic heterocycles. The lowest BCUT2D eigenvalue weighted by molar-refractivity contribution is 0.370. The molecule has 0 fully saturated rings. The van der Waals surface area contributed by atoms with Crippen molar-refractivity contribution in [3.8, 4) is 0 Å². The molecule has 0 aromatic carbocycles. The van der Waals surface area contributed by atoms with Crippen molar-refractivity contribution < 1.29 is 14.4 Å². The van der Waals surface area contributed by atoms with Crippen LogP contribution < -0.4 is 0 Å². The maximum absolute atomic E-state index is 10.8. The maximum Gasteiger partial charge on any atom is 0.325 e. The third kappa shape index (κ3) is 34.6. The normalized spacial score (nSPS) is 11.9. The lowest BCUT2D eigenvalue weighted by Gasteiger charge is -2.05. The molecule has 0 bridgehead atoms. The van der Waals surface area contributed by atoms with Crippen molar-refractivity contribution in [1.29, 1.82) is 0 Å². The van der Waals surface area contributed by atoms with Crippen molar-refractivity contribution in [2.24, 2.45) is 0 Å². The Kier molecular flexibility index (Phi) is 29.1. The third-order valence-electron chi connectivity index (χ3n) is 7.34. The molecule has 2 N–H and O–H groups in total. The summed E-state index contributed by atoms with van der Waals surface area (Å²) in [6.45, 7) is 0. The van der Waals surface area contributed by atoms with Gasteiger partial charge in [0.2, 0.25) is 0 Å². The van der Waals surface area contributed by atoms with Gasteiger partial charge in [-0.15, -0.1) is 12.6 Å². The van der Waals surface area contributed by atoms with Gasteiger partial charge in [0.15, 0.2) is 0 Å². The Bertz CT molecular complexity index is 510. The molecule has 6 heteroatoms. The minimum atomic E-state index is -3.77. The number of hydrogen-bond acceptors (Lipinski definition) is 2. The predicted molar refractivity (Wildman–Crippen MR) is 168 cm³/mol. The van der Waals surface area contributed by atoms with Gasteiger partial charge in [0.25, 0.3) is 0 Å². The summed E-state index contributed by atoms with van der Waals surface area (Å²) in [5, 5.41) is 0. The van der Waals surface area contributed by atoms with Crippen LogP contribution in [-0.4, -0.2) is 20.1 Å². The van der Waals surface area contributed by atoms with Gasteiger partial charge in [-0.1, -0.05) is 173 Å². The van der Waals surface area contributed by atoms with Crippen LogP contribution in [0.3, 0.4) is 0 Å². The molecule has 0 aliphatic rings. The lowest BCUT2D eigenvalue weighted by Crippen LogP contribution is -1.88.